The van der Waals surface area contributed by atoms with Crippen LogP contribution < -0.4 is 0 Å². The van der Waals surface area contributed by atoms with E-state index in [0.29, 0.717) is 130 Å². The number of benzene rings is 12. The lowest BCUT2D eigenvalue weighted by Gasteiger charge is -2.14. The lowest BCUT2D eigenvalue weighted by molar-refractivity contribution is -0.143. The Morgan fingerprint density at radius 2 is 0.471 bits per heavy atom. The summed E-state index contributed by atoms with van der Waals surface area (Å²) in [6.45, 7) is 35.3. The van der Waals surface area contributed by atoms with Crippen molar-refractivity contribution in [3.63, 3.8) is 0 Å². The van der Waals surface area contributed by atoms with Gasteiger partial charge in [0.25, 0.3) is 0 Å². The van der Waals surface area contributed by atoms with E-state index in [9.17, 15) is 52.7 Å². The average Bonchev–Trinajstić information content (AvgIpc) is 1.59. The molecule has 22 rings (SSSR count). The Balaban J connectivity index is 0.000000115. The highest BCUT2D eigenvalue weighted by molar-refractivity contribution is 6.26. The van der Waals surface area contributed by atoms with Crippen molar-refractivity contribution in [1.82, 2.24) is 49.8 Å². The smallest absolute Gasteiger partial charge is 0.252 e. The first kappa shape index (κ1) is 89.1. The summed E-state index contributed by atoms with van der Waals surface area (Å²) >= 11 is 0. The van der Waals surface area contributed by atoms with Gasteiger partial charge in [-0.2, -0.15) is 96.1 Å². The Labute approximate surface area is 773 Å². The zero-order chi connectivity index (χ0) is 96.5. The maximum absolute atomic E-state index is 13.2. The quantitative estimate of drug-likeness (QED) is 0.0885. The number of aromatic nitrogens is 10. The highest BCUT2D eigenvalue weighted by atomic mass is 19.4. The van der Waals surface area contributed by atoms with Crippen molar-refractivity contribution >= 4 is 50.6 Å². The summed E-state index contributed by atoms with van der Waals surface area (Å²) in [5, 5.41) is 37.2. The zero-order valence-electron chi connectivity index (χ0n) is 70.1. The van der Waals surface area contributed by atoms with E-state index in [1.165, 1.54) is 24.3 Å². The van der Waals surface area contributed by atoms with E-state index in [-0.39, 0.29) is 34.4 Å². The number of rotatable bonds is 5. The molecule has 0 fully saturated rings. The zero-order valence-corrected chi connectivity index (χ0v) is 70.1. The minimum absolute atomic E-state index is 0.0557. The van der Waals surface area contributed by atoms with E-state index in [2.05, 4.69) is 92.3 Å². The van der Waals surface area contributed by atoms with Crippen LogP contribution in [0.15, 0.2) is 317 Å². The topological polar surface area (TPSA) is 260 Å². The number of hydrogen-bond acceptors (Lipinski definition) is 17. The fourth-order valence-electron chi connectivity index (χ4n) is 16.0. The van der Waals surface area contributed by atoms with Gasteiger partial charge in [0.05, 0.1) is 157 Å². The molecule has 0 N–H and O–H groups in total. The van der Waals surface area contributed by atoms with Crippen LogP contribution in [0.5, 0.6) is 0 Å². The Kier molecular flexibility index (Phi) is 23.5. The van der Waals surface area contributed by atoms with Crippen LogP contribution in [0, 0.1) is 55.5 Å². The van der Waals surface area contributed by atoms with Crippen LogP contribution in [0.4, 0.5) is 52.7 Å². The molecule has 0 spiro atoms. The Morgan fingerprint density at radius 1 is 0.225 bits per heavy atom. The van der Waals surface area contributed by atoms with Gasteiger partial charge < -0.3 is 0 Å². The molecular weight excluding hydrogens is 1790 g/mol. The van der Waals surface area contributed by atoms with E-state index in [4.69, 9.17) is 63.3 Å². The number of nitrogens with zero attached hydrogens (tertiary/aromatic N) is 22. The molecule has 0 saturated carbocycles. The molecule has 22 nitrogen and oxygen atoms in total. The second-order valence-corrected chi connectivity index (χ2v) is 30.4. The van der Waals surface area contributed by atoms with Gasteiger partial charge >= 0.3 is 24.7 Å². The molecule has 0 bridgehead atoms. The van der Waals surface area contributed by atoms with E-state index in [1.54, 1.807) is 97.3 Å². The average molecular weight is 1830 g/mol. The molecular formula is C104H48F12N22. The molecule has 658 valence electrons. The van der Waals surface area contributed by atoms with Crippen LogP contribution in [0.25, 0.3) is 159 Å². The van der Waals surface area contributed by atoms with Crippen LogP contribution in [0.3, 0.4) is 0 Å². The maximum atomic E-state index is 13.2. The highest BCUT2D eigenvalue weighted by Crippen LogP contribution is 2.46. The molecule has 5 aromatic heterocycles. The van der Waals surface area contributed by atoms with Crippen LogP contribution in [-0.2, 0) is 24.7 Å². The SMILES string of the molecule is [C-]#[N+]/N=C1\c2ccccc2-c2nc(-c3cc(C(F)(F)F)cc(C(F)(F)F)c3)cnc21.[C-]#[N+]/N=C1\c2ccccc2-c2nc(-c3ccc(C#N)cc3)cnc21.[C-]#[N+]/N=C1\c2ccccc2-c2nc3cc(-c4ccc(C(F)(F)F)cc4)ccc3nc21.[C-]#[N+]/N=C1\c2ccccc2-c2nc3ccc(-c4ccc(C(F)(F)F)cc4)cc3nc21.[C-]#[N+]/N=C1\c2ccccc2-c2ncc(-c3ccc(C#N)cc3)nc21. The maximum Gasteiger partial charge on any atom is 0.416 e. The molecule has 0 unspecified atom stereocenters. The predicted molar refractivity (Wildman–Crippen MR) is 490 cm³/mol. The number of hydrogen-bond donors (Lipinski definition) is 0. The lowest BCUT2D eigenvalue weighted by atomic mass is 10.0. The van der Waals surface area contributed by atoms with Gasteiger partial charge in [0.1, 0.15) is 28.5 Å². The third-order valence-corrected chi connectivity index (χ3v) is 22.3. The molecule has 17 aromatic rings. The number of nitriles is 2. The lowest BCUT2D eigenvalue weighted by Crippen LogP contribution is -2.11. The molecule has 0 saturated heterocycles. The fraction of sp³-hybridized carbons (Fsp3) is 0.0385. The summed E-state index contributed by atoms with van der Waals surface area (Å²) in [7, 11) is 0. The minimum atomic E-state index is -4.97. The normalized spacial score (nSPS) is 13.7. The first-order valence-corrected chi connectivity index (χ1v) is 40.8. The van der Waals surface area contributed by atoms with Gasteiger partial charge in [0.2, 0.25) is 0 Å². The molecule has 5 heterocycles. The van der Waals surface area contributed by atoms with Crippen molar-refractivity contribution in [3.05, 3.63) is 439 Å². The summed E-state index contributed by atoms with van der Waals surface area (Å²) in [6.07, 6.45) is -14.2. The molecule has 5 aliphatic rings. The monoisotopic (exact) mass is 1830 g/mol. The molecule has 0 atom stereocenters. The van der Waals surface area contributed by atoms with Gasteiger partial charge in [-0.1, -0.05) is 182 Å². The number of fused-ring (bicyclic) bond motifs is 17. The van der Waals surface area contributed by atoms with Gasteiger partial charge in [0.15, 0.2) is 28.6 Å². The molecule has 12 aromatic carbocycles. The van der Waals surface area contributed by atoms with Crippen LogP contribution in [-0.4, -0.2) is 78.4 Å². The van der Waals surface area contributed by atoms with Crippen molar-refractivity contribution in [2.24, 2.45) is 25.5 Å². The van der Waals surface area contributed by atoms with Crippen molar-refractivity contribution < 1.29 is 52.7 Å². The molecule has 0 aliphatic heterocycles. The second kappa shape index (κ2) is 36.3. The van der Waals surface area contributed by atoms with Crippen molar-refractivity contribution in [1.29, 1.82) is 10.5 Å². The van der Waals surface area contributed by atoms with E-state index < -0.39 is 47.0 Å². The van der Waals surface area contributed by atoms with Gasteiger partial charge in [0, 0.05) is 72.3 Å². The fourth-order valence-corrected chi connectivity index (χ4v) is 16.0. The summed E-state index contributed by atoms with van der Waals surface area (Å²) in [6, 6.07) is 77.8. The molecule has 34 heteroatoms. The van der Waals surface area contributed by atoms with Crippen molar-refractivity contribution in [2.75, 3.05) is 0 Å². The minimum Gasteiger partial charge on any atom is -0.252 e. The second-order valence-electron chi connectivity index (χ2n) is 30.4. The first-order valence-electron chi connectivity index (χ1n) is 40.8. The Bertz CT molecular complexity index is 8380. The third-order valence-electron chi connectivity index (χ3n) is 22.3. The van der Waals surface area contributed by atoms with Crippen molar-refractivity contribution in [2.45, 2.75) is 24.7 Å². The van der Waals surface area contributed by atoms with Gasteiger partial charge in [-0.15, -0.1) is 24.8 Å². The molecule has 0 radical (unpaired) electrons. The van der Waals surface area contributed by atoms with Crippen LogP contribution in [0.2, 0.25) is 0 Å². The summed E-state index contributed by atoms with van der Waals surface area (Å²) < 4.78 is 156. The number of alkyl halides is 12. The largest absolute Gasteiger partial charge is 0.416 e. The molecule has 5 aliphatic carbocycles. The van der Waals surface area contributed by atoms with Gasteiger partial charge in [-0.3, -0.25) is 4.98 Å². The predicted octanol–water partition coefficient (Wildman–Crippen LogP) is 25.1. The third kappa shape index (κ3) is 17.3. The van der Waals surface area contributed by atoms with E-state index in [0.717, 1.165) is 114 Å². The van der Waals surface area contributed by atoms with Crippen molar-refractivity contribution in [3.8, 4) is 124 Å². The van der Waals surface area contributed by atoms with Crippen LogP contribution in [0.1, 0.15) is 89.7 Å². The highest BCUT2D eigenvalue weighted by Gasteiger charge is 2.41. The molecule has 0 amide bonds. The van der Waals surface area contributed by atoms with E-state index in [1.807, 2.05) is 121 Å². The summed E-state index contributed by atoms with van der Waals surface area (Å²) in [4.78, 5) is 61.3. The Hall–Kier alpha value is -19.5. The standard InChI is InChI=1S/2C23H11F3N4.C20H8F6N4.2C19H9N5/c1-27-30-21-17-5-3-2-4-16(17)20-22(21)28-18-11-8-14(12-19(18)29-20)13-6-9-15(10-7-13)23(24,25)26;1-27-30-21-17-5-3-2-4-16(17)20-22(21)29-19-12-14(8-11-18(19)28-20)13-6-9-15(10-7-13)23(24,25)26;1-27-30-17-14-5-3-2-4-13(14)16-18(17)28-9-15(29-16)10-6-11(19(21,22)23)8-12(7-10)20(24,25)26;1-21-24-18-15-5-3-2-4-14(15)17-19(18)22-11-16(23-17)13-8-6-12(10-20)7-9-13;1-21-24-18-15-5-3-2-4-14(15)17-19(18)23-16(11-22-17)13-8-6-12(10-20)7-9-13/h2*2-12H;2-9H;2*2-9,11H/b2*30-21+;30-17+;2*24-18+. The van der Waals surface area contributed by atoms with E-state index >= 15 is 0 Å². The van der Waals surface area contributed by atoms with Crippen LogP contribution >= 0.6 is 0 Å². The van der Waals surface area contributed by atoms with Gasteiger partial charge in [-0.05, 0) is 113 Å². The summed E-state index contributed by atoms with van der Waals surface area (Å²) in [5.74, 6) is 0. The Morgan fingerprint density at radius 3 is 0.790 bits per heavy atom. The first-order chi connectivity index (χ1) is 66.6. The summed E-state index contributed by atoms with van der Waals surface area (Å²) in [5.41, 5.74) is 20.8. The number of halogens is 12. The molecule has 138 heavy (non-hydrogen) atoms. The van der Waals surface area contributed by atoms with Gasteiger partial charge in [-0.25, -0.2) is 44.9 Å².